The molecule has 6 nitrogen and oxygen atoms in total. The maximum Gasteiger partial charge on any atom is 0.418 e. The van der Waals surface area contributed by atoms with Crippen molar-refractivity contribution in [1.29, 1.82) is 0 Å². The maximum atomic E-state index is 14.6. The molecule has 41 heavy (non-hydrogen) atoms. The second-order valence-corrected chi connectivity index (χ2v) is 10.4. The summed E-state index contributed by atoms with van der Waals surface area (Å²) in [6, 6.07) is 8.36. The first-order chi connectivity index (χ1) is 19.4. The van der Waals surface area contributed by atoms with E-state index >= 15 is 0 Å². The highest BCUT2D eigenvalue weighted by Crippen LogP contribution is 2.42. The van der Waals surface area contributed by atoms with Gasteiger partial charge in [-0.15, -0.1) is 0 Å². The largest absolute Gasteiger partial charge is 0.418 e. The minimum atomic E-state index is -4.72. The molecule has 12 heteroatoms. The van der Waals surface area contributed by atoms with Crippen LogP contribution in [0.3, 0.4) is 0 Å². The number of pyridine rings is 1. The highest BCUT2D eigenvalue weighted by atomic mass is 19.4. The molecule has 1 saturated carbocycles. The zero-order valence-electron chi connectivity index (χ0n) is 22.3. The Morgan fingerprint density at radius 2 is 1.73 bits per heavy atom. The van der Waals surface area contributed by atoms with Gasteiger partial charge in [-0.25, -0.2) is 17.9 Å². The topological polar surface area (TPSA) is 65.6 Å². The van der Waals surface area contributed by atoms with Gasteiger partial charge in [-0.2, -0.15) is 23.4 Å². The molecule has 0 amide bonds. The second kappa shape index (κ2) is 11.1. The Kier molecular flexibility index (Phi) is 7.76. The van der Waals surface area contributed by atoms with E-state index in [9.17, 15) is 31.1 Å². The normalized spacial score (nSPS) is 17.8. The lowest BCUT2D eigenvalue weighted by molar-refractivity contribution is -0.138. The van der Waals surface area contributed by atoms with Crippen molar-refractivity contribution in [1.82, 2.24) is 24.5 Å². The van der Waals surface area contributed by atoms with Crippen molar-refractivity contribution in [3.8, 4) is 11.3 Å². The van der Waals surface area contributed by atoms with E-state index in [4.69, 9.17) is 0 Å². The van der Waals surface area contributed by atoms with Crippen LogP contribution in [0.5, 0.6) is 0 Å². The van der Waals surface area contributed by atoms with Crippen molar-refractivity contribution < 1.29 is 26.3 Å². The van der Waals surface area contributed by atoms with Gasteiger partial charge in [0.1, 0.15) is 11.5 Å². The zero-order valence-corrected chi connectivity index (χ0v) is 22.3. The van der Waals surface area contributed by atoms with Crippen LogP contribution >= 0.6 is 0 Å². The summed E-state index contributed by atoms with van der Waals surface area (Å²) < 4.78 is 85.3. The molecule has 1 fully saturated rings. The number of nitrogens with zero attached hydrogens (tertiary/aromatic N) is 5. The van der Waals surface area contributed by atoms with Crippen LogP contribution in [0.4, 0.5) is 26.3 Å². The average Bonchev–Trinajstić information content (AvgIpc) is 3.32. The number of rotatable bonds is 6. The Bertz CT molecular complexity index is 1600. The molecule has 0 saturated heterocycles. The van der Waals surface area contributed by atoms with Crippen molar-refractivity contribution in [2.24, 2.45) is 7.05 Å². The van der Waals surface area contributed by atoms with E-state index in [1.807, 2.05) is 13.0 Å². The lowest BCUT2D eigenvalue weighted by Crippen LogP contribution is -2.31. The quantitative estimate of drug-likeness (QED) is 0.234. The predicted molar refractivity (Wildman–Crippen MR) is 139 cm³/mol. The molecule has 5 rings (SSSR count). The first kappa shape index (κ1) is 28.6. The molecule has 0 atom stereocenters. The lowest BCUT2D eigenvalue weighted by Gasteiger charge is -2.30. The fourth-order valence-corrected chi connectivity index (χ4v) is 5.78. The molecule has 1 aromatic carbocycles. The van der Waals surface area contributed by atoms with Crippen LogP contribution in [0.25, 0.3) is 11.3 Å². The Morgan fingerprint density at radius 3 is 2.39 bits per heavy atom. The van der Waals surface area contributed by atoms with Gasteiger partial charge in [0, 0.05) is 30.6 Å². The monoisotopic (exact) mass is 575 g/mol. The van der Waals surface area contributed by atoms with E-state index in [0.29, 0.717) is 31.2 Å². The number of aryl methyl sites for hydroxylation is 2. The van der Waals surface area contributed by atoms with Gasteiger partial charge in [0.15, 0.2) is 0 Å². The number of benzene rings is 1. The minimum absolute atomic E-state index is 0.000406. The van der Waals surface area contributed by atoms with Crippen LogP contribution in [-0.2, 0) is 19.8 Å². The summed E-state index contributed by atoms with van der Waals surface area (Å²) in [6.45, 7) is 1.24. The van der Waals surface area contributed by atoms with Crippen LogP contribution in [0.15, 0.2) is 53.6 Å². The Hall–Kier alpha value is -3.96. The number of hydrogen-bond donors (Lipinski definition) is 0. The molecule has 0 bridgehead atoms. The summed E-state index contributed by atoms with van der Waals surface area (Å²) in [4.78, 5) is 17.5. The van der Waals surface area contributed by atoms with E-state index in [1.54, 1.807) is 6.07 Å². The van der Waals surface area contributed by atoms with Gasteiger partial charge < -0.3 is 0 Å². The van der Waals surface area contributed by atoms with Crippen molar-refractivity contribution in [3.05, 3.63) is 98.6 Å². The zero-order chi connectivity index (χ0) is 29.5. The summed E-state index contributed by atoms with van der Waals surface area (Å²) in [5.41, 5.74) is -0.895. The van der Waals surface area contributed by atoms with Gasteiger partial charge in [0.25, 0.3) is 12.0 Å². The second-order valence-electron chi connectivity index (χ2n) is 10.4. The molecule has 1 aliphatic rings. The lowest BCUT2D eigenvalue weighted by atomic mass is 9.75. The van der Waals surface area contributed by atoms with Crippen molar-refractivity contribution in [3.63, 3.8) is 0 Å². The van der Waals surface area contributed by atoms with E-state index in [0.717, 1.165) is 22.4 Å². The van der Waals surface area contributed by atoms with Gasteiger partial charge in [-0.3, -0.25) is 14.5 Å². The van der Waals surface area contributed by atoms with Gasteiger partial charge >= 0.3 is 6.18 Å². The van der Waals surface area contributed by atoms with Crippen LogP contribution in [0.1, 0.15) is 77.6 Å². The Morgan fingerprint density at radius 1 is 1.02 bits per heavy atom. The highest BCUT2D eigenvalue weighted by Gasteiger charge is 2.35. The number of alkyl halides is 5. The molecule has 3 heterocycles. The molecular weight excluding hydrogens is 548 g/mol. The third-order valence-electron chi connectivity index (χ3n) is 7.68. The van der Waals surface area contributed by atoms with Crippen molar-refractivity contribution in [2.75, 3.05) is 0 Å². The molecule has 0 aliphatic heterocycles. The van der Waals surface area contributed by atoms with Gasteiger partial charge in [0.2, 0.25) is 0 Å². The average molecular weight is 576 g/mol. The van der Waals surface area contributed by atoms with Crippen LogP contribution in [-0.4, -0.2) is 24.5 Å². The standard InChI is InChI=1S/C29H27F6N5O/c1-16-5-3-7-22(30)25(16)18-10-8-17(9-11-18)19-13-23(20-14-39(2)38-26(20)27(31)32)37-40(28(19)41)15-24-21(29(33,34)35)6-4-12-36-24/h3-7,12-14,17-18,27H,8-11,15H2,1-2H3. The minimum Gasteiger partial charge on any atom is -0.275 e. The van der Waals surface area contributed by atoms with Crippen LogP contribution < -0.4 is 5.56 Å². The summed E-state index contributed by atoms with van der Waals surface area (Å²) in [7, 11) is 1.46. The summed E-state index contributed by atoms with van der Waals surface area (Å²) >= 11 is 0. The molecule has 0 N–H and O–H groups in total. The summed E-state index contributed by atoms with van der Waals surface area (Å²) in [6.07, 6.45) is -2.97. The molecule has 0 spiro atoms. The summed E-state index contributed by atoms with van der Waals surface area (Å²) in [5, 5.41) is 8.03. The predicted octanol–water partition coefficient (Wildman–Crippen LogP) is 6.93. The van der Waals surface area contributed by atoms with E-state index in [2.05, 4.69) is 15.2 Å². The van der Waals surface area contributed by atoms with E-state index in [-0.39, 0.29) is 34.5 Å². The fourth-order valence-electron chi connectivity index (χ4n) is 5.78. The van der Waals surface area contributed by atoms with Crippen molar-refractivity contribution in [2.45, 2.75) is 63.6 Å². The Balaban J connectivity index is 1.56. The number of aromatic nitrogens is 5. The molecule has 1 aliphatic carbocycles. The molecular formula is C29H27F6N5O. The molecule has 3 aromatic heterocycles. The Labute approximate surface area is 231 Å². The van der Waals surface area contributed by atoms with Crippen molar-refractivity contribution >= 4 is 0 Å². The van der Waals surface area contributed by atoms with Gasteiger partial charge in [-0.1, -0.05) is 12.1 Å². The van der Waals surface area contributed by atoms with E-state index in [1.165, 1.54) is 36.3 Å². The fraction of sp³-hybridized carbons (Fsp3) is 0.379. The number of hydrogen-bond acceptors (Lipinski definition) is 4. The van der Waals surface area contributed by atoms with Gasteiger partial charge in [-0.05, 0) is 79.8 Å². The molecule has 0 unspecified atom stereocenters. The molecule has 4 aromatic rings. The maximum absolute atomic E-state index is 14.6. The SMILES string of the molecule is Cc1cccc(F)c1C1CCC(c2cc(-c3cn(C)nc3C(F)F)nn(Cc3ncccc3C(F)(F)F)c2=O)CC1. The third-order valence-corrected chi connectivity index (χ3v) is 7.68. The third kappa shape index (κ3) is 5.77. The summed E-state index contributed by atoms with van der Waals surface area (Å²) in [5.74, 6) is -0.659. The smallest absolute Gasteiger partial charge is 0.275 e. The van der Waals surface area contributed by atoms with Crippen LogP contribution in [0.2, 0.25) is 0 Å². The highest BCUT2D eigenvalue weighted by molar-refractivity contribution is 5.62. The first-order valence-electron chi connectivity index (χ1n) is 13.1. The molecule has 0 radical (unpaired) electrons. The number of halogens is 6. The molecule has 216 valence electrons. The van der Waals surface area contributed by atoms with Crippen LogP contribution in [0, 0.1) is 12.7 Å². The first-order valence-corrected chi connectivity index (χ1v) is 13.1. The van der Waals surface area contributed by atoms with E-state index < -0.39 is 41.7 Å². The van der Waals surface area contributed by atoms with Gasteiger partial charge in [0.05, 0.1) is 23.5 Å².